The van der Waals surface area contributed by atoms with Crippen LogP contribution in [-0.4, -0.2) is 20.7 Å². The van der Waals surface area contributed by atoms with Gasteiger partial charge in [-0.1, -0.05) is 170 Å². The van der Waals surface area contributed by atoms with E-state index < -0.39 is 0 Å². The van der Waals surface area contributed by atoms with Gasteiger partial charge in [-0.3, -0.25) is 0 Å². The number of para-hydroxylation sites is 1. The van der Waals surface area contributed by atoms with E-state index in [1.54, 1.807) is 0 Å². The van der Waals surface area contributed by atoms with Crippen LogP contribution in [0.3, 0.4) is 0 Å². The summed E-state index contributed by atoms with van der Waals surface area (Å²) >= 11 is 0. The first-order chi connectivity index (χ1) is 30.2. The van der Waals surface area contributed by atoms with Crippen LogP contribution < -0.4 is 16.2 Å². The molecule has 1 aliphatic carbocycles. The van der Waals surface area contributed by atoms with Crippen molar-refractivity contribution < 1.29 is 0 Å². The summed E-state index contributed by atoms with van der Waals surface area (Å²) in [5.74, 6) is 0. The number of hydrogen-bond donors (Lipinski definition) is 2. The number of anilines is 1. The lowest BCUT2D eigenvalue weighted by atomic mass is 9.74. The Morgan fingerprint density at radius 3 is 2.26 bits per heavy atom. The van der Waals surface area contributed by atoms with Crippen LogP contribution in [0.5, 0.6) is 0 Å². The number of hydrogen-bond acceptors (Lipinski definition) is 1. The van der Waals surface area contributed by atoms with E-state index in [0.717, 1.165) is 111 Å². The maximum absolute atomic E-state index is 7.68. The highest BCUT2D eigenvalue weighted by Crippen LogP contribution is 2.43. The van der Waals surface area contributed by atoms with E-state index in [0.29, 0.717) is 5.46 Å². The number of aromatic amines is 1. The molecule has 4 heteroatoms. The van der Waals surface area contributed by atoms with Crippen LogP contribution in [0.1, 0.15) is 96.8 Å². The van der Waals surface area contributed by atoms with Crippen molar-refractivity contribution in [2.45, 2.75) is 80.1 Å². The molecule has 1 aromatic heterocycles. The lowest BCUT2D eigenvalue weighted by molar-refractivity contribution is 0.949. The molecule has 0 aliphatic heterocycles. The zero-order valence-electron chi connectivity index (χ0n) is 37.4. The standard InChI is InChI=1S/C58H58B2N2/c1-7-10-13-26-42(23-11-8-2)56(39(4)5)52-35-44(46-27-17-16-22-40(46)6)34-51(58(52)60)48-29-20-30-49(53-38-62-54-31-19-18-28-47(53)54)57(48)43(21-9-3)37-61-55-33-32-45(59)36-50(55)41-24-14-12-15-25-41/h9,12-15,17-21,23-38,61-62H,7-8,10-11,16,22H2,1-6H3/b21-9-,26-13-,42-23-,43-37-. The van der Waals surface area contributed by atoms with Crippen LogP contribution in [-0.2, 0) is 0 Å². The van der Waals surface area contributed by atoms with E-state index in [4.69, 9.17) is 15.7 Å². The minimum Gasteiger partial charge on any atom is -0.361 e. The van der Waals surface area contributed by atoms with Gasteiger partial charge in [0.2, 0.25) is 0 Å². The van der Waals surface area contributed by atoms with Gasteiger partial charge in [-0.25, -0.2) is 0 Å². The molecule has 306 valence electrons. The fourth-order valence-electron chi connectivity index (χ4n) is 8.69. The van der Waals surface area contributed by atoms with Crippen LogP contribution >= 0.6 is 0 Å². The second-order valence-electron chi connectivity index (χ2n) is 16.5. The number of aromatic nitrogens is 1. The molecule has 2 nitrogen and oxygen atoms in total. The van der Waals surface area contributed by atoms with Gasteiger partial charge in [0.25, 0.3) is 0 Å². The van der Waals surface area contributed by atoms with E-state index in [1.165, 1.54) is 33.4 Å². The summed E-state index contributed by atoms with van der Waals surface area (Å²) in [6.07, 6.45) is 26.5. The summed E-state index contributed by atoms with van der Waals surface area (Å²) in [6, 6.07) is 36.4. The van der Waals surface area contributed by atoms with E-state index in [1.807, 2.05) is 18.2 Å². The molecular formula is C58H58B2N2. The molecule has 1 heterocycles. The van der Waals surface area contributed by atoms with Crippen molar-refractivity contribution in [2.24, 2.45) is 0 Å². The fraction of sp³-hybridized carbons (Fsp3) is 0.207. The minimum atomic E-state index is 0.715. The average molecular weight is 805 g/mol. The normalized spacial score (nSPS) is 13.5. The molecule has 62 heavy (non-hydrogen) atoms. The number of allylic oxidation sites excluding steroid dienone is 13. The number of unbranched alkanes of at least 4 members (excludes halogenated alkanes) is 2. The molecule has 5 aromatic carbocycles. The Hall–Kier alpha value is -6.25. The first kappa shape index (κ1) is 43.8. The molecule has 6 aromatic rings. The van der Waals surface area contributed by atoms with Gasteiger partial charge in [0.05, 0.1) is 0 Å². The number of rotatable bonds is 15. The molecular weight excluding hydrogens is 746 g/mol. The molecule has 2 N–H and O–H groups in total. The molecule has 0 unspecified atom stereocenters. The molecule has 0 saturated carbocycles. The molecule has 0 spiro atoms. The third kappa shape index (κ3) is 9.61. The van der Waals surface area contributed by atoms with Gasteiger partial charge in [-0.15, -0.1) is 0 Å². The van der Waals surface area contributed by atoms with Crippen molar-refractivity contribution in [2.75, 3.05) is 5.32 Å². The summed E-state index contributed by atoms with van der Waals surface area (Å²) in [7, 11) is 14.1. The third-order valence-corrected chi connectivity index (χ3v) is 11.8. The van der Waals surface area contributed by atoms with E-state index in [2.05, 4.69) is 192 Å². The van der Waals surface area contributed by atoms with Gasteiger partial charge in [-0.05, 0) is 139 Å². The Bertz CT molecular complexity index is 2780. The largest absolute Gasteiger partial charge is 0.361 e. The predicted molar refractivity (Wildman–Crippen MR) is 275 cm³/mol. The van der Waals surface area contributed by atoms with Crippen LogP contribution in [0.15, 0.2) is 175 Å². The Morgan fingerprint density at radius 2 is 1.52 bits per heavy atom. The van der Waals surface area contributed by atoms with E-state index >= 15 is 0 Å². The van der Waals surface area contributed by atoms with Crippen molar-refractivity contribution in [3.05, 3.63) is 191 Å². The number of H-pyrrole nitrogens is 1. The van der Waals surface area contributed by atoms with Crippen molar-refractivity contribution in [3.8, 4) is 33.4 Å². The zero-order chi connectivity index (χ0) is 43.6. The predicted octanol–water partition coefficient (Wildman–Crippen LogP) is 14.8. The van der Waals surface area contributed by atoms with Crippen LogP contribution in [0, 0.1) is 0 Å². The van der Waals surface area contributed by atoms with Gasteiger partial charge in [0.1, 0.15) is 15.7 Å². The summed E-state index contributed by atoms with van der Waals surface area (Å²) < 4.78 is 0. The molecule has 1 aliphatic rings. The second kappa shape index (κ2) is 20.5. The quantitative estimate of drug-likeness (QED) is 0.0785. The molecule has 4 radical (unpaired) electrons. The molecule has 0 amide bonds. The van der Waals surface area contributed by atoms with Gasteiger partial charge >= 0.3 is 0 Å². The van der Waals surface area contributed by atoms with Gasteiger partial charge in [0.15, 0.2) is 0 Å². The first-order valence-corrected chi connectivity index (χ1v) is 22.3. The van der Waals surface area contributed by atoms with E-state index in [9.17, 15) is 0 Å². The Balaban J connectivity index is 1.54. The van der Waals surface area contributed by atoms with Gasteiger partial charge in [0, 0.05) is 40.1 Å². The highest BCUT2D eigenvalue weighted by atomic mass is 14.8. The molecule has 0 fully saturated rings. The molecule has 0 saturated heterocycles. The maximum Gasteiger partial charge on any atom is 0.115 e. The Labute approximate surface area is 373 Å². The zero-order valence-corrected chi connectivity index (χ0v) is 37.4. The highest BCUT2D eigenvalue weighted by molar-refractivity contribution is 6.39. The lowest BCUT2D eigenvalue weighted by Crippen LogP contribution is -2.17. The Kier molecular flexibility index (Phi) is 14.5. The van der Waals surface area contributed by atoms with Crippen molar-refractivity contribution in [1.29, 1.82) is 0 Å². The minimum absolute atomic E-state index is 0.715. The summed E-state index contributed by atoms with van der Waals surface area (Å²) in [4.78, 5) is 3.57. The van der Waals surface area contributed by atoms with Crippen molar-refractivity contribution in [1.82, 2.24) is 4.98 Å². The molecule has 0 bridgehead atoms. The summed E-state index contributed by atoms with van der Waals surface area (Å²) in [5.41, 5.74) is 20.6. The van der Waals surface area contributed by atoms with Crippen molar-refractivity contribution in [3.63, 3.8) is 0 Å². The summed E-state index contributed by atoms with van der Waals surface area (Å²) in [6.45, 7) is 13.3. The lowest BCUT2D eigenvalue weighted by Gasteiger charge is -2.24. The van der Waals surface area contributed by atoms with Crippen molar-refractivity contribution >= 4 is 59.9 Å². The number of nitrogens with one attached hydrogen (secondary N) is 2. The second-order valence-corrected chi connectivity index (χ2v) is 16.5. The first-order valence-electron chi connectivity index (χ1n) is 22.3. The van der Waals surface area contributed by atoms with Gasteiger partial charge in [-0.2, -0.15) is 0 Å². The molecule has 7 rings (SSSR count). The maximum atomic E-state index is 7.68. The number of benzene rings is 5. The molecule has 0 atom stereocenters. The van der Waals surface area contributed by atoms with Gasteiger partial charge < -0.3 is 10.3 Å². The Morgan fingerprint density at radius 1 is 0.758 bits per heavy atom. The summed E-state index contributed by atoms with van der Waals surface area (Å²) in [5, 5.41) is 4.91. The monoisotopic (exact) mass is 804 g/mol. The van der Waals surface area contributed by atoms with E-state index in [-0.39, 0.29) is 0 Å². The third-order valence-electron chi connectivity index (χ3n) is 11.8. The van der Waals surface area contributed by atoms with Crippen LogP contribution in [0.2, 0.25) is 0 Å². The fourth-order valence-corrected chi connectivity index (χ4v) is 8.69. The van der Waals surface area contributed by atoms with Crippen LogP contribution in [0.25, 0.3) is 61.0 Å². The highest BCUT2D eigenvalue weighted by Gasteiger charge is 2.23. The van der Waals surface area contributed by atoms with Crippen LogP contribution in [0.4, 0.5) is 5.69 Å². The SMILES string of the molecule is [B]c1ccc(N/C=C(/C=C\C)c2c(-c3cc(C4=C(C)CCC=C4)cc(C(=C(C)C)C(/C=C\CCC)=C\CCC)c3[B])cccc2-c2c[nH]c3ccccc23)c(-c2ccccc2)c1. The average Bonchev–Trinajstić information content (AvgIpc) is 3.72. The number of fused-ring (bicyclic) bond motifs is 1. The smallest absolute Gasteiger partial charge is 0.115 e. The topological polar surface area (TPSA) is 27.8 Å².